The maximum atomic E-state index is 11.8. The van der Waals surface area contributed by atoms with Crippen molar-refractivity contribution in [1.82, 2.24) is 4.98 Å². The molecule has 0 aliphatic carbocycles. The summed E-state index contributed by atoms with van der Waals surface area (Å²) in [5.41, 5.74) is 4.50. The maximum Gasteiger partial charge on any atom is 0.186 e. The van der Waals surface area contributed by atoms with E-state index in [2.05, 4.69) is 15.5 Å². The summed E-state index contributed by atoms with van der Waals surface area (Å²) in [7, 11) is 0. The molecule has 0 unspecified atom stereocenters. The molecule has 0 fully saturated rings. The Balaban J connectivity index is 1.81. The van der Waals surface area contributed by atoms with Crippen molar-refractivity contribution in [1.29, 1.82) is 0 Å². The van der Waals surface area contributed by atoms with E-state index in [1.165, 1.54) is 30.0 Å². The number of halogens is 1. The first-order valence-corrected chi connectivity index (χ1v) is 8.76. The molecule has 0 aliphatic heterocycles. The van der Waals surface area contributed by atoms with E-state index in [1.807, 2.05) is 36.4 Å². The lowest BCUT2D eigenvalue weighted by molar-refractivity contribution is -0.110. The standard InChI is InChI=1S/C16H12ClN3OS2/c1-10(21)15(20-19-12-6-4-5-11(17)9-12)23-16-18-13-7-2-3-8-14(13)22-16/h2-9,19H,1H3. The second-order valence-corrected chi connectivity index (χ2v) is 7.35. The Morgan fingerprint density at radius 2 is 2.09 bits per heavy atom. The van der Waals surface area contributed by atoms with Gasteiger partial charge in [0.1, 0.15) is 0 Å². The summed E-state index contributed by atoms with van der Waals surface area (Å²) in [5.74, 6) is -0.121. The number of nitrogens with one attached hydrogen (secondary N) is 1. The number of carbonyl (C=O) groups is 1. The fourth-order valence-corrected chi connectivity index (χ4v) is 3.93. The van der Waals surface area contributed by atoms with Gasteiger partial charge in [0, 0.05) is 11.9 Å². The number of anilines is 1. The van der Waals surface area contributed by atoms with Crippen LogP contribution in [0.1, 0.15) is 6.92 Å². The Kier molecular flexibility index (Phi) is 4.95. The first-order chi connectivity index (χ1) is 11.1. The zero-order valence-corrected chi connectivity index (χ0v) is 14.5. The van der Waals surface area contributed by atoms with Gasteiger partial charge in [-0.25, -0.2) is 4.98 Å². The van der Waals surface area contributed by atoms with Gasteiger partial charge < -0.3 is 0 Å². The number of hydrogen-bond donors (Lipinski definition) is 1. The number of carbonyl (C=O) groups excluding carboxylic acids is 1. The van der Waals surface area contributed by atoms with E-state index in [0.29, 0.717) is 10.1 Å². The molecule has 116 valence electrons. The van der Waals surface area contributed by atoms with Crippen LogP contribution in [0.25, 0.3) is 10.2 Å². The molecule has 1 N–H and O–H groups in total. The van der Waals surface area contributed by atoms with Crippen molar-refractivity contribution >= 4 is 61.4 Å². The van der Waals surface area contributed by atoms with Gasteiger partial charge >= 0.3 is 0 Å². The van der Waals surface area contributed by atoms with E-state index in [0.717, 1.165) is 20.2 Å². The lowest BCUT2D eigenvalue weighted by atomic mass is 10.3. The number of Topliss-reactive ketones (excluding diaryl/α,β-unsaturated/α-hetero) is 1. The number of fused-ring (bicyclic) bond motifs is 1. The van der Waals surface area contributed by atoms with Crippen LogP contribution in [0.2, 0.25) is 5.02 Å². The molecule has 0 radical (unpaired) electrons. The molecule has 0 saturated heterocycles. The van der Waals surface area contributed by atoms with E-state index >= 15 is 0 Å². The summed E-state index contributed by atoms with van der Waals surface area (Å²) in [5, 5.41) is 5.14. The Labute approximate surface area is 146 Å². The molecule has 0 spiro atoms. The van der Waals surface area contributed by atoms with Crippen molar-refractivity contribution < 1.29 is 4.79 Å². The van der Waals surface area contributed by atoms with Gasteiger partial charge in [0.05, 0.1) is 15.9 Å². The topological polar surface area (TPSA) is 54.4 Å². The minimum atomic E-state index is -0.121. The average Bonchev–Trinajstić information content (AvgIpc) is 2.93. The van der Waals surface area contributed by atoms with E-state index in [4.69, 9.17) is 11.6 Å². The highest BCUT2D eigenvalue weighted by molar-refractivity contribution is 8.17. The highest BCUT2D eigenvalue weighted by atomic mass is 35.5. The van der Waals surface area contributed by atoms with Crippen LogP contribution in [-0.4, -0.2) is 15.8 Å². The quantitative estimate of drug-likeness (QED) is 0.305. The number of ketones is 1. The zero-order valence-electron chi connectivity index (χ0n) is 12.1. The molecule has 0 bridgehead atoms. The van der Waals surface area contributed by atoms with Crippen molar-refractivity contribution in [3.05, 3.63) is 53.6 Å². The number of nitrogens with zero attached hydrogens (tertiary/aromatic N) is 2. The maximum absolute atomic E-state index is 11.8. The highest BCUT2D eigenvalue weighted by Gasteiger charge is 2.12. The summed E-state index contributed by atoms with van der Waals surface area (Å²) < 4.78 is 1.87. The summed E-state index contributed by atoms with van der Waals surface area (Å²) in [6.07, 6.45) is 0. The summed E-state index contributed by atoms with van der Waals surface area (Å²) in [6.45, 7) is 1.48. The van der Waals surface area contributed by atoms with E-state index in [9.17, 15) is 4.79 Å². The minimum Gasteiger partial charge on any atom is -0.292 e. The molecule has 2 aromatic carbocycles. The lowest BCUT2D eigenvalue weighted by Crippen LogP contribution is -2.07. The van der Waals surface area contributed by atoms with Gasteiger partial charge in [0.25, 0.3) is 0 Å². The fraction of sp³-hybridized carbons (Fsp3) is 0.0625. The molecule has 1 heterocycles. The van der Waals surface area contributed by atoms with Crippen LogP contribution in [-0.2, 0) is 4.79 Å². The van der Waals surface area contributed by atoms with Crippen LogP contribution < -0.4 is 5.43 Å². The normalized spacial score (nSPS) is 11.7. The third kappa shape index (κ3) is 4.10. The van der Waals surface area contributed by atoms with Crippen LogP contribution in [0.15, 0.2) is 58.0 Å². The predicted octanol–water partition coefficient (Wildman–Crippen LogP) is 5.06. The number of rotatable bonds is 4. The van der Waals surface area contributed by atoms with Crippen LogP contribution in [0, 0.1) is 0 Å². The molecular formula is C16H12ClN3OS2. The van der Waals surface area contributed by atoms with E-state index in [1.54, 1.807) is 12.1 Å². The van der Waals surface area contributed by atoms with Crippen LogP contribution in [0.4, 0.5) is 5.69 Å². The smallest absolute Gasteiger partial charge is 0.186 e. The van der Waals surface area contributed by atoms with Gasteiger partial charge in [-0.3, -0.25) is 10.2 Å². The van der Waals surface area contributed by atoms with Crippen molar-refractivity contribution in [3.63, 3.8) is 0 Å². The Bertz CT molecular complexity index is 859. The molecule has 0 saturated carbocycles. The Morgan fingerprint density at radius 1 is 1.26 bits per heavy atom. The van der Waals surface area contributed by atoms with Gasteiger partial charge in [-0.15, -0.1) is 11.3 Å². The molecule has 3 aromatic rings. The van der Waals surface area contributed by atoms with Gasteiger partial charge in [0.2, 0.25) is 0 Å². The average molecular weight is 362 g/mol. The number of thiazole rings is 1. The molecule has 23 heavy (non-hydrogen) atoms. The number of thioether (sulfide) groups is 1. The number of hydrogen-bond acceptors (Lipinski definition) is 6. The van der Waals surface area contributed by atoms with Crippen LogP contribution in [0.5, 0.6) is 0 Å². The third-order valence-electron chi connectivity index (χ3n) is 2.87. The van der Waals surface area contributed by atoms with Crippen molar-refractivity contribution in [2.45, 2.75) is 11.3 Å². The second-order valence-electron chi connectivity index (χ2n) is 4.64. The van der Waals surface area contributed by atoms with Crippen LogP contribution in [0.3, 0.4) is 0 Å². The molecule has 0 aliphatic rings. The van der Waals surface area contributed by atoms with Gasteiger partial charge in [-0.05, 0) is 42.1 Å². The number of aromatic nitrogens is 1. The van der Waals surface area contributed by atoms with Crippen molar-refractivity contribution in [2.75, 3.05) is 5.43 Å². The summed E-state index contributed by atoms with van der Waals surface area (Å²) in [6, 6.07) is 15.0. The second kappa shape index (κ2) is 7.12. The predicted molar refractivity (Wildman–Crippen MR) is 98.7 cm³/mol. The zero-order chi connectivity index (χ0) is 16.2. The third-order valence-corrected chi connectivity index (χ3v) is 5.27. The first kappa shape index (κ1) is 16.0. The van der Waals surface area contributed by atoms with Gasteiger partial charge in [-0.1, -0.05) is 29.8 Å². The monoisotopic (exact) mass is 361 g/mol. The molecule has 1 aromatic heterocycles. The Hall–Kier alpha value is -1.89. The number of hydrazone groups is 1. The lowest BCUT2D eigenvalue weighted by Gasteiger charge is -2.03. The Morgan fingerprint density at radius 3 is 2.83 bits per heavy atom. The highest BCUT2D eigenvalue weighted by Crippen LogP contribution is 2.30. The van der Waals surface area contributed by atoms with Gasteiger partial charge in [0.15, 0.2) is 15.2 Å². The number of benzene rings is 2. The summed E-state index contributed by atoms with van der Waals surface area (Å²) >= 11 is 8.72. The fourth-order valence-electron chi connectivity index (χ4n) is 1.82. The molecule has 0 amide bonds. The van der Waals surface area contributed by atoms with Crippen molar-refractivity contribution in [3.8, 4) is 0 Å². The van der Waals surface area contributed by atoms with Gasteiger partial charge in [-0.2, -0.15) is 5.10 Å². The molecule has 0 atom stereocenters. The minimum absolute atomic E-state index is 0.121. The number of para-hydroxylation sites is 1. The molecule has 7 heteroatoms. The van der Waals surface area contributed by atoms with Crippen molar-refractivity contribution in [2.24, 2.45) is 5.10 Å². The first-order valence-electron chi connectivity index (χ1n) is 6.75. The molecule has 3 rings (SSSR count). The largest absolute Gasteiger partial charge is 0.292 e. The molecular weight excluding hydrogens is 350 g/mol. The van der Waals surface area contributed by atoms with E-state index < -0.39 is 0 Å². The van der Waals surface area contributed by atoms with E-state index in [-0.39, 0.29) is 5.78 Å². The van der Waals surface area contributed by atoms with Crippen LogP contribution >= 0.6 is 34.7 Å². The SMILES string of the molecule is CC(=O)C(=NNc1cccc(Cl)c1)Sc1nc2ccccc2s1. The summed E-state index contributed by atoms with van der Waals surface area (Å²) in [4.78, 5) is 16.3. The molecule has 4 nitrogen and oxygen atoms in total.